The van der Waals surface area contributed by atoms with Crippen LogP contribution in [0.15, 0.2) is 12.2 Å². The molecule has 16 heavy (non-hydrogen) atoms. The Hall–Kier alpha value is -1.36. The maximum absolute atomic E-state index is 11.4. The quantitative estimate of drug-likeness (QED) is 0.622. The summed E-state index contributed by atoms with van der Waals surface area (Å²) >= 11 is 0. The van der Waals surface area contributed by atoms with Gasteiger partial charge in [-0.1, -0.05) is 13.0 Å². The molecule has 0 fully saturated rings. The van der Waals surface area contributed by atoms with Crippen LogP contribution in [0.25, 0.3) is 0 Å². The predicted molar refractivity (Wildman–Crippen MR) is 62.2 cm³/mol. The average Bonchev–Trinajstić information content (AvgIpc) is 2.14. The molecule has 0 aromatic heterocycles. The topological polar surface area (TPSA) is 69.6 Å². The first-order valence-corrected chi connectivity index (χ1v) is 5.36. The molecule has 0 saturated carbocycles. The molecule has 92 valence electrons. The number of hydrogen-bond acceptors (Lipinski definition) is 3. The number of likely N-dealkylation sites (N-methyl/N-ethyl adjacent to an activating group) is 1. The standard InChI is InChI=1S/C11H20N2O3/c1-4-13(7-5-6-11(15)16)8-10(14)12-9(2)3/h5-6,9H,4,7-8H2,1-3H3,(H,12,14)(H,15,16). The van der Waals surface area contributed by atoms with Gasteiger partial charge in [-0.15, -0.1) is 0 Å². The van der Waals surface area contributed by atoms with Crippen LogP contribution in [0.3, 0.4) is 0 Å². The molecule has 0 heterocycles. The summed E-state index contributed by atoms with van der Waals surface area (Å²) < 4.78 is 0. The zero-order valence-electron chi connectivity index (χ0n) is 10.1. The van der Waals surface area contributed by atoms with Gasteiger partial charge in [-0.25, -0.2) is 4.79 Å². The van der Waals surface area contributed by atoms with Crippen LogP contribution >= 0.6 is 0 Å². The Morgan fingerprint density at radius 1 is 1.44 bits per heavy atom. The van der Waals surface area contributed by atoms with Crippen molar-refractivity contribution in [2.75, 3.05) is 19.6 Å². The van der Waals surface area contributed by atoms with E-state index in [0.717, 1.165) is 6.08 Å². The second-order valence-electron chi connectivity index (χ2n) is 3.79. The lowest BCUT2D eigenvalue weighted by Crippen LogP contribution is -2.40. The van der Waals surface area contributed by atoms with Crippen molar-refractivity contribution in [3.05, 3.63) is 12.2 Å². The molecule has 0 unspecified atom stereocenters. The van der Waals surface area contributed by atoms with E-state index in [9.17, 15) is 9.59 Å². The summed E-state index contributed by atoms with van der Waals surface area (Å²) in [6.07, 6.45) is 2.62. The van der Waals surface area contributed by atoms with E-state index in [2.05, 4.69) is 5.32 Å². The Labute approximate surface area is 96.1 Å². The van der Waals surface area contributed by atoms with E-state index >= 15 is 0 Å². The Morgan fingerprint density at radius 3 is 2.50 bits per heavy atom. The fraction of sp³-hybridized carbons (Fsp3) is 0.636. The molecule has 1 amide bonds. The van der Waals surface area contributed by atoms with E-state index in [1.165, 1.54) is 6.08 Å². The second-order valence-corrected chi connectivity index (χ2v) is 3.79. The van der Waals surface area contributed by atoms with Gasteiger partial charge in [0.2, 0.25) is 5.91 Å². The summed E-state index contributed by atoms with van der Waals surface area (Å²) in [5.74, 6) is -1.01. The third-order valence-electron chi connectivity index (χ3n) is 1.89. The SMILES string of the molecule is CCN(CC=CC(=O)O)CC(=O)NC(C)C. The minimum absolute atomic E-state index is 0.0411. The smallest absolute Gasteiger partial charge is 0.328 e. The van der Waals surface area contributed by atoms with Crippen molar-refractivity contribution in [1.82, 2.24) is 10.2 Å². The molecule has 5 nitrogen and oxygen atoms in total. The molecule has 0 atom stereocenters. The largest absolute Gasteiger partial charge is 0.478 e. The van der Waals surface area contributed by atoms with E-state index in [1.54, 1.807) is 0 Å². The summed E-state index contributed by atoms with van der Waals surface area (Å²) in [7, 11) is 0. The van der Waals surface area contributed by atoms with Gasteiger partial charge in [-0.2, -0.15) is 0 Å². The highest BCUT2D eigenvalue weighted by Crippen LogP contribution is 1.89. The molecule has 0 aliphatic heterocycles. The van der Waals surface area contributed by atoms with Crippen LogP contribution in [-0.4, -0.2) is 47.6 Å². The van der Waals surface area contributed by atoms with Gasteiger partial charge in [0, 0.05) is 18.7 Å². The highest BCUT2D eigenvalue weighted by Gasteiger charge is 2.08. The van der Waals surface area contributed by atoms with Crippen molar-refractivity contribution in [1.29, 1.82) is 0 Å². The summed E-state index contributed by atoms with van der Waals surface area (Å²) in [6.45, 7) is 7.19. The van der Waals surface area contributed by atoms with E-state index in [4.69, 9.17) is 5.11 Å². The van der Waals surface area contributed by atoms with E-state index in [1.807, 2.05) is 25.7 Å². The average molecular weight is 228 g/mol. The molecule has 0 aromatic rings. The van der Waals surface area contributed by atoms with Gasteiger partial charge in [0.25, 0.3) is 0 Å². The van der Waals surface area contributed by atoms with Gasteiger partial charge in [0.1, 0.15) is 0 Å². The number of aliphatic carboxylic acids is 1. The molecule has 0 aromatic carbocycles. The second kappa shape index (κ2) is 7.87. The molecule has 0 rings (SSSR count). The number of amides is 1. The predicted octanol–water partition coefficient (Wildman–Crippen LogP) is 0.474. The first kappa shape index (κ1) is 14.6. The Kier molecular flexibility index (Phi) is 7.20. The van der Waals surface area contributed by atoms with Crippen LogP contribution in [0.5, 0.6) is 0 Å². The minimum atomic E-state index is -0.970. The fourth-order valence-electron chi connectivity index (χ4n) is 1.18. The number of hydrogen-bond donors (Lipinski definition) is 2. The van der Waals surface area contributed by atoms with Crippen LogP contribution in [0.4, 0.5) is 0 Å². The zero-order valence-corrected chi connectivity index (χ0v) is 10.1. The Balaban J connectivity index is 4.00. The number of nitrogens with one attached hydrogen (secondary N) is 1. The van der Waals surface area contributed by atoms with Crippen molar-refractivity contribution in [3.8, 4) is 0 Å². The minimum Gasteiger partial charge on any atom is -0.478 e. The third kappa shape index (κ3) is 7.99. The normalized spacial score (nSPS) is 11.3. The molecule has 0 saturated heterocycles. The van der Waals surface area contributed by atoms with Crippen molar-refractivity contribution < 1.29 is 14.7 Å². The van der Waals surface area contributed by atoms with Crippen LogP contribution < -0.4 is 5.32 Å². The van der Waals surface area contributed by atoms with E-state index in [0.29, 0.717) is 19.6 Å². The summed E-state index contributed by atoms with van der Waals surface area (Å²) in [6, 6.07) is 0.126. The van der Waals surface area contributed by atoms with Crippen LogP contribution in [0.1, 0.15) is 20.8 Å². The number of carboxylic acid groups (broad SMARTS) is 1. The molecule has 0 bridgehead atoms. The lowest BCUT2D eigenvalue weighted by molar-refractivity contribution is -0.131. The van der Waals surface area contributed by atoms with Crippen LogP contribution in [-0.2, 0) is 9.59 Å². The van der Waals surface area contributed by atoms with Gasteiger partial charge in [-0.3, -0.25) is 9.69 Å². The van der Waals surface area contributed by atoms with Gasteiger partial charge in [0.05, 0.1) is 6.54 Å². The first-order chi connectivity index (χ1) is 7.45. The molecule has 0 aliphatic carbocycles. The summed E-state index contributed by atoms with van der Waals surface area (Å²) in [5.41, 5.74) is 0. The highest BCUT2D eigenvalue weighted by molar-refractivity contribution is 5.80. The highest BCUT2D eigenvalue weighted by atomic mass is 16.4. The number of nitrogens with zero attached hydrogens (tertiary/aromatic N) is 1. The summed E-state index contributed by atoms with van der Waals surface area (Å²) in [5, 5.41) is 11.2. The molecule has 0 radical (unpaired) electrons. The molecule has 0 aliphatic rings. The van der Waals surface area contributed by atoms with Gasteiger partial charge >= 0.3 is 5.97 Å². The first-order valence-electron chi connectivity index (χ1n) is 5.36. The summed E-state index contributed by atoms with van der Waals surface area (Å²) in [4.78, 5) is 23.5. The lowest BCUT2D eigenvalue weighted by atomic mass is 10.3. The van der Waals surface area contributed by atoms with Gasteiger partial charge in [-0.05, 0) is 20.4 Å². The molecule has 2 N–H and O–H groups in total. The van der Waals surface area contributed by atoms with Crippen LogP contribution in [0, 0.1) is 0 Å². The van der Waals surface area contributed by atoms with Crippen molar-refractivity contribution in [2.45, 2.75) is 26.8 Å². The van der Waals surface area contributed by atoms with E-state index in [-0.39, 0.29) is 11.9 Å². The molecule has 5 heteroatoms. The Bertz CT molecular complexity index is 262. The molecule has 0 spiro atoms. The monoisotopic (exact) mass is 228 g/mol. The van der Waals surface area contributed by atoms with Crippen molar-refractivity contribution in [2.24, 2.45) is 0 Å². The molecular formula is C11H20N2O3. The van der Waals surface area contributed by atoms with Crippen LogP contribution in [0.2, 0.25) is 0 Å². The lowest BCUT2D eigenvalue weighted by Gasteiger charge is -2.18. The maximum Gasteiger partial charge on any atom is 0.328 e. The van der Waals surface area contributed by atoms with Crippen molar-refractivity contribution in [3.63, 3.8) is 0 Å². The van der Waals surface area contributed by atoms with E-state index < -0.39 is 5.97 Å². The number of rotatable bonds is 7. The van der Waals surface area contributed by atoms with Gasteiger partial charge < -0.3 is 10.4 Å². The third-order valence-corrected chi connectivity index (χ3v) is 1.89. The van der Waals surface area contributed by atoms with Gasteiger partial charge in [0.15, 0.2) is 0 Å². The maximum atomic E-state index is 11.4. The fourth-order valence-corrected chi connectivity index (χ4v) is 1.18. The number of carbonyl (C=O) groups excluding carboxylic acids is 1. The van der Waals surface area contributed by atoms with Crippen molar-refractivity contribution >= 4 is 11.9 Å². The number of carbonyl (C=O) groups is 2. The molecular weight excluding hydrogens is 208 g/mol. The Morgan fingerprint density at radius 2 is 2.06 bits per heavy atom. The zero-order chi connectivity index (χ0) is 12.6. The number of carboxylic acids is 1.